The van der Waals surface area contributed by atoms with E-state index < -0.39 is 39.6 Å². The van der Waals surface area contributed by atoms with Crippen molar-refractivity contribution < 1.29 is 23.2 Å². The minimum Gasteiger partial charge on any atom is -0.444 e. The maximum atomic E-state index is 14.8. The maximum Gasteiger partial charge on any atom is 0.413 e. The number of alkyl halides is 1. The Balaban J connectivity index is 2.07. The van der Waals surface area contributed by atoms with Crippen LogP contribution in [0.5, 0.6) is 0 Å². The smallest absolute Gasteiger partial charge is 0.413 e. The lowest BCUT2D eigenvalue weighted by atomic mass is 9.70. The van der Waals surface area contributed by atoms with E-state index >= 15 is 0 Å². The number of amidine groups is 1. The van der Waals surface area contributed by atoms with E-state index in [2.05, 4.69) is 10.3 Å². The molecule has 1 amide bonds. The number of nitrogens with one attached hydrogen (secondary N) is 1. The zero-order valence-electron chi connectivity index (χ0n) is 16.6. The van der Waals surface area contributed by atoms with Gasteiger partial charge >= 0.3 is 6.09 Å². The molecule has 1 aromatic rings. The first-order chi connectivity index (χ1) is 13.4. The summed E-state index contributed by atoms with van der Waals surface area (Å²) < 4.78 is 34.6. The van der Waals surface area contributed by atoms with Gasteiger partial charge in [0.05, 0.1) is 4.92 Å². The summed E-state index contributed by atoms with van der Waals surface area (Å²) in [6, 6.07) is 3.19. The standard InChI is InChI=1S/C19H23F2N3O4S/c1-17(2,3)28-16(25)22-15-23-19(9-11(20)8-18(19,4)10-29-15)13-7-12(24(26)27)5-6-14(13)21/h5-7,11H,8-10H2,1-4H3,(H,22,23,25). The molecule has 3 rings (SSSR count). The van der Waals surface area contributed by atoms with E-state index in [-0.39, 0.29) is 29.3 Å². The minimum absolute atomic E-state index is 0.0295. The molecule has 0 spiro atoms. The van der Waals surface area contributed by atoms with Gasteiger partial charge < -0.3 is 4.74 Å². The van der Waals surface area contributed by atoms with Gasteiger partial charge in [0.1, 0.15) is 23.1 Å². The Morgan fingerprint density at radius 3 is 2.72 bits per heavy atom. The first kappa shape index (κ1) is 21.5. The quantitative estimate of drug-likeness (QED) is 0.546. The molecular weight excluding hydrogens is 404 g/mol. The van der Waals surface area contributed by atoms with Gasteiger partial charge in [-0.25, -0.2) is 18.6 Å². The molecule has 0 radical (unpaired) electrons. The molecule has 7 nitrogen and oxygen atoms in total. The Morgan fingerprint density at radius 2 is 2.10 bits per heavy atom. The third-order valence-electron chi connectivity index (χ3n) is 5.22. The number of thioether (sulfide) groups is 1. The molecule has 1 fully saturated rings. The number of benzene rings is 1. The summed E-state index contributed by atoms with van der Waals surface area (Å²) in [4.78, 5) is 27.3. The predicted molar refractivity (Wildman–Crippen MR) is 106 cm³/mol. The summed E-state index contributed by atoms with van der Waals surface area (Å²) in [5.74, 6) is -0.326. The van der Waals surface area contributed by atoms with E-state index in [1.165, 1.54) is 11.8 Å². The first-order valence-electron chi connectivity index (χ1n) is 9.16. The van der Waals surface area contributed by atoms with Gasteiger partial charge in [-0.2, -0.15) is 0 Å². The van der Waals surface area contributed by atoms with Crippen molar-refractivity contribution >= 4 is 28.7 Å². The first-order valence-corrected chi connectivity index (χ1v) is 10.1. The normalized spacial score (nSPS) is 29.0. The number of hydrogen-bond acceptors (Lipinski definition) is 6. The van der Waals surface area contributed by atoms with Gasteiger partial charge in [0.25, 0.3) is 5.69 Å². The third kappa shape index (κ3) is 4.08. The zero-order chi connectivity index (χ0) is 21.6. The Bertz CT molecular complexity index is 889. The summed E-state index contributed by atoms with van der Waals surface area (Å²) in [5.41, 5.74) is -3.18. The average Bonchev–Trinajstić information content (AvgIpc) is 2.83. The Hall–Kier alpha value is -2.23. The summed E-state index contributed by atoms with van der Waals surface area (Å²) >= 11 is 1.22. The number of nitro groups is 1. The van der Waals surface area contributed by atoms with Crippen molar-refractivity contribution in [1.29, 1.82) is 0 Å². The van der Waals surface area contributed by atoms with Crippen molar-refractivity contribution in [1.82, 2.24) is 5.32 Å². The topological polar surface area (TPSA) is 93.8 Å². The van der Waals surface area contributed by atoms with Gasteiger partial charge in [-0.05, 0) is 33.3 Å². The number of fused-ring (bicyclic) bond motifs is 1. The molecule has 10 heteroatoms. The van der Waals surface area contributed by atoms with E-state index in [0.717, 1.165) is 18.2 Å². The van der Waals surface area contributed by atoms with E-state index in [4.69, 9.17) is 4.74 Å². The second kappa shape index (κ2) is 7.23. The summed E-state index contributed by atoms with van der Waals surface area (Å²) in [6.07, 6.45) is -1.95. The summed E-state index contributed by atoms with van der Waals surface area (Å²) in [6.45, 7) is 6.93. The van der Waals surface area contributed by atoms with Gasteiger partial charge in [-0.3, -0.25) is 15.4 Å². The van der Waals surface area contributed by atoms with Crippen LogP contribution >= 0.6 is 11.8 Å². The molecule has 158 valence electrons. The lowest BCUT2D eigenvalue weighted by molar-refractivity contribution is -0.385. The van der Waals surface area contributed by atoms with Crippen molar-refractivity contribution in [2.75, 3.05) is 5.75 Å². The molecule has 3 unspecified atom stereocenters. The van der Waals surface area contributed by atoms with Crippen molar-refractivity contribution in [2.24, 2.45) is 10.4 Å². The molecule has 1 N–H and O–H groups in total. The molecule has 0 aromatic heterocycles. The summed E-state index contributed by atoms with van der Waals surface area (Å²) in [7, 11) is 0. The van der Waals surface area contributed by atoms with Gasteiger partial charge in [-0.15, -0.1) is 0 Å². The number of alkyl carbamates (subject to hydrolysis) is 1. The number of nitrogens with zero attached hydrogens (tertiary/aromatic N) is 2. The van der Waals surface area contributed by atoms with Crippen molar-refractivity contribution in [3.63, 3.8) is 0 Å². The molecule has 2 aliphatic rings. The maximum absolute atomic E-state index is 14.8. The fraction of sp³-hybridized carbons (Fsp3) is 0.579. The molecular formula is C19H23F2N3O4S. The monoisotopic (exact) mass is 427 g/mol. The highest BCUT2D eigenvalue weighted by molar-refractivity contribution is 8.13. The van der Waals surface area contributed by atoms with Crippen LogP contribution in [0.1, 0.15) is 46.1 Å². The number of nitro benzene ring substituents is 1. The van der Waals surface area contributed by atoms with Gasteiger partial charge in [-0.1, -0.05) is 18.7 Å². The van der Waals surface area contributed by atoms with Crippen LogP contribution < -0.4 is 5.32 Å². The van der Waals surface area contributed by atoms with Crippen LogP contribution in [0.15, 0.2) is 23.2 Å². The fourth-order valence-corrected chi connectivity index (χ4v) is 5.17. The molecule has 3 atom stereocenters. The molecule has 29 heavy (non-hydrogen) atoms. The lowest BCUT2D eigenvalue weighted by Crippen LogP contribution is -2.47. The van der Waals surface area contributed by atoms with Crippen LogP contribution in [0.25, 0.3) is 0 Å². The Kier molecular flexibility index (Phi) is 5.35. The lowest BCUT2D eigenvalue weighted by Gasteiger charge is -2.44. The minimum atomic E-state index is -1.36. The van der Waals surface area contributed by atoms with Crippen molar-refractivity contribution in [3.05, 3.63) is 39.7 Å². The number of carbonyl (C=O) groups excluding carboxylic acids is 1. The van der Waals surface area contributed by atoms with Crippen LogP contribution in [0, 0.1) is 21.3 Å². The second-order valence-electron chi connectivity index (χ2n) is 8.68. The number of rotatable bonds is 2. The van der Waals surface area contributed by atoms with Gasteiger partial charge in [0, 0.05) is 35.3 Å². The highest BCUT2D eigenvalue weighted by Gasteiger charge is 2.60. The van der Waals surface area contributed by atoms with Crippen LogP contribution in [-0.2, 0) is 10.3 Å². The number of non-ortho nitro benzene ring substituents is 1. The third-order valence-corrected chi connectivity index (χ3v) is 6.47. The number of hydrogen-bond donors (Lipinski definition) is 1. The Morgan fingerprint density at radius 1 is 1.41 bits per heavy atom. The van der Waals surface area contributed by atoms with E-state index in [9.17, 15) is 23.7 Å². The highest BCUT2D eigenvalue weighted by Crippen LogP contribution is 2.60. The molecule has 1 aromatic carbocycles. The summed E-state index contributed by atoms with van der Waals surface area (Å²) in [5, 5.41) is 13.9. The Labute approximate surface area is 171 Å². The molecule has 1 saturated carbocycles. The molecule has 1 aliphatic heterocycles. The van der Waals surface area contributed by atoms with Gasteiger partial charge in [0.2, 0.25) is 0 Å². The van der Waals surface area contributed by atoms with Crippen LogP contribution in [0.3, 0.4) is 0 Å². The van der Waals surface area contributed by atoms with E-state index in [0.29, 0.717) is 5.75 Å². The molecule has 1 aliphatic carbocycles. The predicted octanol–water partition coefficient (Wildman–Crippen LogP) is 4.69. The van der Waals surface area contributed by atoms with Crippen LogP contribution in [0.2, 0.25) is 0 Å². The van der Waals surface area contributed by atoms with Gasteiger partial charge in [0.15, 0.2) is 5.17 Å². The highest BCUT2D eigenvalue weighted by atomic mass is 32.2. The van der Waals surface area contributed by atoms with Crippen LogP contribution in [0.4, 0.5) is 19.3 Å². The fourth-order valence-electron chi connectivity index (χ4n) is 3.98. The van der Waals surface area contributed by atoms with Crippen molar-refractivity contribution in [3.8, 4) is 0 Å². The number of amides is 1. The zero-order valence-corrected chi connectivity index (χ0v) is 17.4. The van der Waals surface area contributed by atoms with E-state index in [1.54, 1.807) is 27.7 Å². The SMILES string of the molecule is CC(C)(C)OC(=O)NC1=NC2(c3cc([N+](=O)[O-])ccc3F)CC(F)CC2(C)CS1. The number of halogens is 2. The molecule has 0 bridgehead atoms. The second-order valence-corrected chi connectivity index (χ2v) is 9.64. The average molecular weight is 427 g/mol. The molecule has 0 saturated heterocycles. The molecule has 1 heterocycles. The largest absolute Gasteiger partial charge is 0.444 e. The number of ether oxygens (including phenoxy) is 1. The van der Waals surface area contributed by atoms with E-state index in [1.807, 2.05) is 0 Å². The number of carbonyl (C=O) groups is 1. The number of aliphatic imine (C=N–C) groups is 1. The van der Waals surface area contributed by atoms with Crippen molar-refractivity contribution in [2.45, 2.75) is 57.8 Å². The van der Waals surface area contributed by atoms with Crippen LogP contribution in [-0.4, -0.2) is 33.7 Å².